The van der Waals surface area contributed by atoms with E-state index in [0.717, 1.165) is 18.7 Å². The second kappa shape index (κ2) is 6.57. The van der Waals surface area contributed by atoms with Crippen molar-refractivity contribution in [3.8, 4) is 0 Å². The number of rotatable bonds is 3. The molecule has 0 amide bonds. The van der Waals surface area contributed by atoms with E-state index in [1.807, 2.05) is 19.2 Å². The average Bonchev–Trinajstić information content (AvgIpc) is 2.53. The van der Waals surface area contributed by atoms with Gasteiger partial charge in [0.2, 0.25) is 0 Å². The number of likely N-dealkylation sites (tertiary alicyclic amines) is 1. The van der Waals surface area contributed by atoms with E-state index >= 15 is 0 Å². The van der Waals surface area contributed by atoms with Crippen LogP contribution in [0.15, 0.2) is 34.2 Å². The lowest BCUT2D eigenvalue weighted by atomic mass is 9.88. The van der Waals surface area contributed by atoms with Crippen molar-refractivity contribution in [2.75, 3.05) is 13.1 Å². The molecule has 1 aliphatic rings. The molecule has 0 bridgehead atoms. The monoisotopic (exact) mass is 344 g/mol. The largest absolute Gasteiger partial charge is 0.387 e. The molecule has 0 unspecified atom stereocenters. The predicted molar refractivity (Wildman–Crippen MR) is 94.6 cm³/mol. The third-order valence-electron chi connectivity index (χ3n) is 4.99. The molecule has 134 valence electrons. The maximum absolute atomic E-state index is 12.2. The van der Waals surface area contributed by atoms with Gasteiger partial charge in [0.25, 0.3) is 5.56 Å². The molecule has 3 heterocycles. The van der Waals surface area contributed by atoms with Crippen LogP contribution in [0.25, 0.3) is 0 Å². The SMILES string of the molecule is Cc1cnccc1CN1CC[C@H](n2cc(C)c(=O)[nH]c2=O)[C@@](C)(O)C1. The van der Waals surface area contributed by atoms with Gasteiger partial charge in [-0.1, -0.05) is 0 Å². The standard InChI is InChI=1S/C18H24N4O3/c1-12-8-19-6-4-14(12)10-21-7-5-15(18(3,25)11-21)22-9-13(2)16(23)20-17(22)24/h4,6,8-9,15,25H,5,7,10-11H2,1-3H3,(H,20,23,24)/t15-,18-/m0/s1. The number of H-pyrrole nitrogens is 1. The number of hydrogen-bond donors (Lipinski definition) is 2. The zero-order valence-electron chi connectivity index (χ0n) is 14.8. The van der Waals surface area contributed by atoms with Crippen molar-refractivity contribution >= 4 is 0 Å². The summed E-state index contributed by atoms with van der Waals surface area (Å²) < 4.78 is 1.46. The van der Waals surface area contributed by atoms with Crippen LogP contribution in [0.4, 0.5) is 0 Å². The zero-order chi connectivity index (χ0) is 18.2. The van der Waals surface area contributed by atoms with E-state index in [1.165, 1.54) is 10.1 Å². The molecule has 7 nitrogen and oxygen atoms in total. The van der Waals surface area contributed by atoms with Crippen LogP contribution in [-0.2, 0) is 6.54 Å². The van der Waals surface area contributed by atoms with Crippen LogP contribution >= 0.6 is 0 Å². The summed E-state index contributed by atoms with van der Waals surface area (Å²) in [6.07, 6.45) is 5.78. The Balaban J connectivity index is 1.82. The van der Waals surface area contributed by atoms with E-state index in [0.29, 0.717) is 18.5 Å². The molecule has 3 rings (SSSR count). The molecule has 1 fully saturated rings. The summed E-state index contributed by atoms with van der Waals surface area (Å²) >= 11 is 0. The highest BCUT2D eigenvalue weighted by Crippen LogP contribution is 2.31. The molecule has 2 N–H and O–H groups in total. The number of aromatic amines is 1. The molecule has 2 atom stereocenters. The number of pyridine rings is 1. The van der Waals surface area contributed by atoms with Crippen molar-refractivity contribution in [1.82, 2.24) is 19.4 Å². The number of aliphatic hydroxyl groups is 1. The lowest BCUT2D eigenvalue weighted by Crippen LogP contribution is -2.54. The normalized spacial score (nSPS) is 24.4. The molecule has 2 aromatic heterocycles. The summed E-state index contributed by atoms with van der Waals surface area (Å²) in [7, 11) is 0. The number of aromatic nitrogens is 3. The Morgan fingerprint density at radius 2 is 2.12 bits per heavy atom. The highest BCUT2D eigenvalue weighted by Gasteiger charge is 2.39. The molecular weight excluding hydrogens is 320 g/mol. The minimum Gasteiger partial charge on any atom is -0.387 e. The summed E-state index contributed by atoms with van der Waals surface area (Å²) in [5.74, 6) is 0. The Labute approximate surface area is 146 Å². The Bertz CT molecular complexity index is 884. The Kier molecular flexibility index (Phi) is 4.62. The summed E-state index contributed by atoms with van der Waals surface area (Å²) in [5.41, 5.74) is 0.835. The number of nitrogens with zero attached hydrogens (tertiary/aromatic N) is 3. The summed E-state index contributed by atoms with van der Waals surface area (Å²) in [6, 6.07) is 1.62. The van der Waals surface area contributed by atoms with Crippen molar-refractivity contribution in [1.29, 1.82) is 0 Å². The summed E-state index contributed by atoms with van der Waals surface area (Å²) in [6.45, 7) is 7.37. The van der Waals surface area contributed by atoms with Gasteiger partial charge in [0.1, 0.15) is 0 Å². The number of piperidine rings is 1. The fourth-order valence-corrected chi connectivity index (χ4v) is 3.56. The Morgan fingerprint density at radius 3 is 2.80 bits per heavy atom. The number of hydrogen-bond acceptors (Lipinski definition) is 5. The van der Waals surface area contributed by atoms with Gasteiger partial charge in [-0.15, -0.1) is 0 Å². The predicted octanol–water partition coefficient (Wildman–Crippen LogP) is 0.746. The lowest BCUT2D eigenvalue weighted by Gasteiger charge is -2.43. The van der Waals surface area contributed by atoms with Crippen molar-refractivity contribution in [2.45, 2.75) is 45.4 Å². The second-order valence-corrected chi connectivity index (χ2v) is 7.15. The molecule has 0 spiro atoms. The molecule has 0 saturated carbocycles. The molecule has 7 heteroatoms. The Morgan fingerprint density at radius 1 is 1.36 bits per heavy atom. The van der Waals surface area contributed by atoms with Gasteiger partial charge in [-0.05, 0) is 44.4 Å². The van der Waals surface area contributed by atoms with E-state index in [1.54, 1.807) is 26.2 Å². The molecule has 25 heavy (non-hydrogen) atoms. The van der Waals surface area contributed by atoms with Gasteiger partial charge in [-0.2, -0.15) is 0 Å². The number of aryl methyl sites for hydroxylation is 2. The molecule has 1 aliphatic heterocycles. The topological polar surface area (TPSA) is 91.2 Å². The molecular formula is C18H24N4O3. The van der Waals surface area contributed by atoms with Crippen LogP contribution in [0.3, 0.4) is 0 Å². The van der Waals surface area contributed by atoms with Crippen LogP contribution in [0.5, 0.6) is 0 Å². The third-order valence-corrected chi connectivity index (χ3v) is 4.99. The number of nitrogens with one attached hydrogen (secondary N) is 1. The van der Waals surface area contributed by atoms with Crippen molar-refractivity contribution in [3.05, 3.63) is 62.2 Å². The first-order valence-electron chi connectivity index (χ1n) is 8.44. The van der Waals surface area contributed by atoms with Crippen LogP contribution in [0, 0.1) is 13.8 Å². The van der Waals surface area contributed by atoms with E-state index in [4.69, 9.17) is 0 Å². The molecule has 2 aromatic rings. The quantitative estimate of drug-likeness (QED) is 0.857. The fourth-order valence-electron chi connectivity index (χ4n) is 3.56. The smallest absolute Gasteiger partial charge is 0.328 e. The fraction of sp³-hybridized carbons (Fsp3) is 0.500. The second-order valence-electron chi connectivity index (χ2n) is 7.15. The molecule has 0 radical (unpaired) electrons. The van der Waals surface area contributed by atoms with Gasteiger partial charge in [-0.3, -0.25) is 24.2 Å². The first-order valence-corrected chi connectivity index (χ1v) is 8.44. The van der Waals surface area contributed by atoms with Crippen molar-refractivity contribution in [3.63, 3.8) is 0 Å². The van der Waals surface area contributed by atoms with Gasteiger partial charge >= 0.3 is 5.69 Å². The summed E-state index contributed by atoms with van der Waals surface area (Å²) in [5, 5.41) is 11.0. The van der Waals surface area contributed by atoms with Crippen LogP contribution in [0.1, 0.15) is 36.1 Å². The first-order chi connectivity index (χ1) is 11.8. The summed E-state index contributed by atoms with van der Waals surface area (Å²) in [4.78, 5) is 32.4. The molecule has 1 saturated heterocycles. The van der Waals surface area contributed by atoms with Gasteiger partial charge in [0.05, 0.1) is 11.6 Å². The van der Waals surface area contributed by atoms with E-state index < -0.39 is 11.3 Å². The third kappa shape index (κ3) is 3.57. The Hall–Kier alpha value is -2.25. The van der Waals surface area contributed by atoms with Gasteiger partial charge < -0.3 is 5.11 Å². The molecule has 0 aliphatic carbocycles. The number of β-amino-alcohol motifs (C(OH)–C–C–N with tert-alkyl or cyclic N) is 1. The average molecular weight is 344 g/mol. The highest BCUT2D eigenvalue weighted by atomic mass is 16.3. The minimum absolute atomic E-state index is 0.370. The maximum Gasteiger partial charge on any atom is 0.328 e. The lowest BCUT2D eigenvalue weighted by molar-refractivity contribution is -0.0604. The zero-order valence-corrected chi connectivity index (χ0v) is 14.8. The highest BCUT2D eigenvalue weighted by molar-refractivity contribution is 5.21. The van der Waals surface area contributed by atoms with Gasteiger partial charge in [0, 0.05) is 43.8 Å². The minimum atomic E-state index is -1.08. The van der Waals surface area contributed by atoms with Crippen molar-refractivity contribution in [2.24, 2.45) is 0 Å². The van der Waals surface area contributed by atoms with Crippen LogP contribution < -0.4 is 11.2 Å². The maximum atomic E-state index is 12.2. The van der Waals surface area contributed by atoms with E-state index in [2.05, 4.69) is 14.9 Å². The van der Waals surface area contributed by atoms with E-state index in [-0.39, 0.29) is 11.6 Å². The van der Waals surface area contributed by atoms with Crippen LogP contribution in [-0.4, -0.2) is 43.2 Å². The molecule has 0 aromatic carbocycles. The van der Waals surface area contributed by atoms with Crippen LogP contribution in [0.2, 0.25) is 0 Å². The van der Waals surface area contributed by atoms with Crippen molar-refractivity contribution < 1.29 is 5.11 Å². The van der Waals surface area contributed by atoms with E-state index in [9.17, 15) is 14.7 Å². The first kappa shape index (κ1) is 17.6. The van der Waals surface area contributed by atoms with Gasteiger partial charge in [-0.25, -0.2) is 4.79 Å². The van der Waals surface area contributed by atoms with Gasteiger partial charge in [0.15, 0.2) is 0 Å².